The van der Waals surface area contributed by atoms with E-state index >= 15 is 0 Å². The molecule has 1 heterocycles. The van der Waals surface area contributed by atoms with Gasteiger partial charge in [0.2, 0.25) is 5.79 Å². The molecule has 2 aromatic rings. The molecular weight excluding hydrogens is 296 g/mol. The number of carbonyl (C=O) groups excluding carboxylic acids is 1. The Balaban J connectivity index is 2.02. The molecule has 0 amide bonds. The molecule has 0 N–H and O–H groups in total. The molecule has 5 nitrogen and oxygen atoms in total. The largest absolute Gasteiger partial charge is 0.497 e. The van der Waals surface area contributed by atoms with Gasteiger partial charge in [0.05, 0.1) is 26.2 Å². The summed E-state index contributed by atoms with van der Waals surface area (Å²) in [7, 11) is 4.70. The zero-order valence-corrected chi connectivity index (χ0v) is 13.3. The van der Waals surface area contributed by atoms with Gasteiger partial charge in [0, 0.05) is 12.7 Å². The molecule has 1 unspecified atom stereocenters. The van der Waals surface area contributed by atoms with E-state index in [4.69, 9.17) is 18.9 Å². The molecule has 0 radical (unpaired) electrons. The summed E-state index contributed by atoms with van der Waals surface area (Å²) in [4.78, 5) is 12.6. The van der Waals surface area contributed by atoms with Crippen LogP contribution in [0.25, 0.3) is 0 Å². The van der Waals surface area contributed by atoms with E-state index in [1.165, 1.54) is 7.11 Å². The fourth-order valence-electron chi connectivity index (χ4n) is 2.70. The standard InChI is InChI=1S/C18H18O5/c1-20-13-6-4-12(5-7-13)18(22-3)11-16(19)15-10-14(21-2)8-9-17(15)23-18/h4-10H,11H2,1-3H3. The first-order chi connectivity index (χ1) is 11.1. The summed E-state index contributed by atoms with van der Waals surface area (Å²) >= 11 is 0. The quantitative estimate of drug-likeness (QED) is 0.867. The maximum absolute atomic E-state index is 12.6. The Labute approximate surface area is 134 Å². The van der Waals surface area contributed by atoms with Crippen LogP contribution in [0.5, 0.6) is 17.2 Å². The molecule has 0 fully saturated rings. The monoisotopic (exact) mass is 314 g/mol. The topological polar surface area (TPSA) is 54.0 Å². The number of fused-ring (bicyclic) bond motifs is 1. The van der Waals surface area contributed by atoms with Crippen molar-refractivity contribution < 1.29 is 23.7 Å². The summed E-state index contributed by atoms with van der Waals surface area (Å²) in [6.07, 6.45) is 0.0933. The van der Waals surface area contributed by atoms with E-state index in [9.17, 15) is 4.79 Å². The number of hydrogen-bond donors (Lipinski definition) is 0. The molecule has 1 atom stereocenters. The van der Waals surface area contributed by atoms with Crippen molar-refractivity contribution in [3.05, 3.63) is 53.6 Å². The second kappa shape index (κ2) is 5.93. The van der Waals surface area contributed by atoms with Crippen LogP contribution in [0.1, 0.15) is 22.3 Å². The van der Waals surface area contributed by atoms with Gasteiger partial charge in [-0.15, -0.1) is 0 Å². The Morgan fingerprint density at radius 2 is 1.61 bits per heavy atom. The molecule has 5 heteroatoms. The number of hydrogen-bond acceptors (Lipinski definition) is 5. The van der Waals surface area contributed by atoms with E-state index in [-0.39, 0.29) is 12.2 Å². The Hall–Kier alpha value is -2.53. The molecule has 3 rings (SSSR count). The van der Waals surface area contributed by atoms with Crippen LogP contribution >= 0.6 is 0 Å². The van der Waals surface area contributed by atoms with Crippen molar-refractivity contribution in [3.63, 3.8) is 0 Å². The Morgan fingerprint density at radius 3 is 2.22 bits per heavy atom. The lowest BCUT2D eigenvalue weighted by Gasteiger charge is -2.36. The van der Waals surface area contributed by atoms with Crippen molar-refractivity contribution >= 4 is 5.78 Å². The van der Waals surface area contributed by atoms with Crippen LogP contribution in [0.2, 0.25) is 0 Å². The summed E-state index contributed by atoms with van der Waals surface area (Å²) in [6, 6.07) is 12.5. The van der Waals surface area contributed by atoms with Gasteiger partial charge in [-0.2, -0.15) is 0 Å². The molecule has 0 spiro atoms. The molecule has 23 heavy (non-hydrogen) atoms. The van der Waals surface area contributed by atoms with E-state index in [0.29, 0.717) is 17.1 Å². The first-order valence-corrected chi connectivity index (χ1v) is 7.22. The van der Waals surface area contributed by atoms with Crippen LogP contribution in [0, 0.1) is 0 Å². The van der Waals surface area contributed by atoms with Gasteiger partial charge < -0.3 is 18.9 Å². The molecule has 1 aliphatic rings. The third kappa shape index (κ3) is 2.64. The van der Waals surface area contributed by atoms with Crippen molar-refractivity contribution in [1.82, 2.24) is 0 Å². The van der Waals surface area contributed by atoms with E-state index in [1.807, 2.05) is 24.3 Å². The number of ketones is 1. The molecule has 1 aliphatic heterocycles. The van der Waals surface area contributed by atoms with Gasteiger partial charge in [-0.25, -0.2) is 0 Å². The van der Waals surface area contributed by atoms with Crippen LogP contribution in [0.3, 0.4) is 0 Å². The van der Waals surface area contributed by atoms with Crippen molar-refractivity contribution in [3.8, 4) is 17.2 Å². The summed E-state index contributed by atoms with van der Waals surface area (Å²) in [5, 5.41) is 0. The summed E-state index contributed by atoms with van der Waals surface area (Å²) in [5.74, 6) is 0.648. The van der Waals surface area contributed by atoms with Crippen molar-refractivity contribution in [2.24, 2.45) is 0 Å². The lowest BCUT2D eigenvalue weighted by molar-refractivity contribution is -0.173. The van der Waals surface area contributed by atoms with Crippen molar-refractivity contribution in [2.45, 2.75) is 12.2 Å². The molecule has 0 saturated heterocycles. The van der Waals surface area contributed by atoms with Crippen LogP contribution < -0.4 is 14.2 Å². The molecule has 120 valence electrons. The zero-order valence-electron chi connectivity index (χ0n) is 13.3. The first kappa shape index (κ1) is 15.4. The van der Waals surface area contributed by atoms with E-state index in [2.05, 4.69) is 0 Å². The average Bonchev–Trinajstić information content (AvgIpc) is 2.61. The molecule has 2 aromatic carbocycles. The SMILES string of the molecule is COc1ccc(C2(OC)CC(=O)c3cc(OC)ccc3O2)cc1. The van der Waals surface area contributed by atoms with Crippen LogP contribution in [-0.2, 0) is 10.5 Å². The van der Waals surface area contributed by atoms with Crippen LogP contribution in [-0.4, -0.2) is 27.1 Å². The summed E-state index contributed by atoms with van der Waals surface area (Å²) in [5.41, 5.74) is 1.26. The van der Waals surface area contributed by atoms with Gasteiger partial charge in [-0.05, 0) is 42.5 Å². The van der Waals surface area contributed by atoms with E-state index < -0.39 is 5.79 Å². The fraction of sp³-hybridized carbons (Fsp3) is 0.278. The Bertz CT molecular complexity index is 723. The van der Waals surface area contributed by atoms with Crippen LogP contribution in [0.15, 0.2) is 42.5 Å². The predicted octanol–water partition coefficient (Wildman–Crippen LogP) is 3.17. The highest BCUT2D eigenvalue weighted by Gasteiger charge is 2.42. The zero-order chi connectivity index (χ0) is 16.4. The number of benzene rings is 2. The number of ether oxygens (including phenoxy) is 4. The number of methoxy groups -OCH3 is 3. The lowest BCUT2D eigenvalue weighted by Crippen LogP contribution is -2.41. The fourth-order valence-corrected chi connectivity index (χ4v) is 2.70. The third-order valence-corrected chi connectivity index (χ3v) is 4.01. The summed E-state index contributed by atoms with van der Waals surface area (Å²) in [6.45, 7) is 0. The van der Waals surface area contributed by atoms with E-state index in [1.54, 1.807) is 32.4 Å². The van der Waals surface area contributed by atoms with E-state index in [0.717, 1.165) is 11.3 Å². The summed E-state index contributed by atoms with van der Waals surface area (Å²) < 4.78 is 22.0. The Kier molecular flexibility index (Phi) is 3.96. The number of carbonyl (C=O) groups is 1. The van der Waals surface area contributed by atoms with Gasteiger partial charge in [0.15, 0.2) is 5.78 Å². The second-order valence-electron chi connectivity index (χ2n) is 5.25. The Morgan fingerprint density at radius 1 is 0.957 bits per heavy atom. The van der Waals surface area contributed by atoms with Gasteiger partial charge in [-0.3, -0.25) is 4.79 Å². The number of rotatable bonds is 4. The predicted molar refractivity (Wildman–Crippen MR) is 84.3 cm³/mol. The maximum atomic E-state index is 12.6. The van der Waals surface area contributed by atoms with Gasteiger partial charge >= 0.3 is 0 Å². The minimum absolute atomic E-state index is 0.0529. The third-order valence-electron chi connectivity index (χ3n) is 4.01. The highest BCUT2D eigenvalue weighted by molar-refractivity contribution is 6.00. The van der Waals surface area contributed by atoms with Gasteiger partial charge in [0.1, 0.15) is 17.2 Å². The number of Topliss-reactive ketones (excluding diaryl/α,β-unsaturated/α-hetero) is 1. The lowest BCUT2D eigenvalue weighted by atomic mass is 9.93. The van der Waals surface area contributed by atoms with Crippen LogP contribution in [0.4, 0.5) is 0 Å². The van der Waals surface area contributed by atoms with Crippen molar-refractivity contribution in [2.75, 3.05) is 21.3 Å². The minimum Gasteiger partial charge on any atom is -0.497 e. The normalized spacial score (nSPS) is 19.7. The highest BCUT2D eigenvalue weighted by atomic mass is 16.7. The molecule has 0 bridgehead atoms. The van der Waals surface area contributed by atoms with Crippen molar-refractivity contribution in [1.29, 1.82) is 0 Å². The molecule has 0 aliphatic carbocycles. The van der Waals surface area contributed by atoms with Gasteiger partial charge in [0.25, 0.3) is 0 Å². The second-order valence-corrected chi connectivity index (χ2v) is 5.25. The average molecular weight is 314 g/mol. The molecule has 0 aromatic heterocycles. The minimum atomic E-state index is -1.13. The smallest absolute Gasteiger partial charge is 0.244 e. The highest BCUT2D eigenvalue weighted by Crippen LogP contribution is 2.41. The first-order valence-electron chi connectivity index (χ1n) is 7.22. The maximum Gasteiger partial charge on any atom is 0.244 e. The molecule has 0 saturated carbocycles. The molecular formula is C18H18O5. The van der Waals surface area contributed by atoms with Gasteiger partial charge in [-0.1, -0.05) is 0 Å².